The van der Waals surface area contributed by atoms with Crippen LogP contribution in [0.3, 0.4) is 0 Å². The second-order valence-corrected chi connectivity index (χ2v) is 5.88. The van der Waals surface area contributed by atoms with Crippen molar-refractivity contribution in [3.8, 4) is 0 Å². The minimum Gasteiger partial charge on any atom is -0.544 e. The van der Waals surface area contributed by atoms with Crippen molar-refractivity contribution in [2.45, 2.75) is 25.8 Å². The van der Waals surface area contributed by atoms with Crippen molar-refractivity contribution in [2.75, 3.05) is 32.5 Å². The fourth-order valence-electron chi connectivity index (χ4n) is 2.17. The van der Waals surface area contributed by atoms with Crippen LogP contribution < -0.4 is 20.6 Å². The van der Waals surface area contributed by atoms with E-state index in [9.17, 15) is 14.7 Å². The number of benzene rings is 1. The number of carboxylic acids is 1. The third-order valence-electron chi connectivity index (χ3n) is 3.34. The summed E-state index contributed by atoms with van der Waals surface area (Å²) in [5.41, 5.74) is 1.71. The van der Waals surface area contributed by atoms with Gasteiger partial charge in [-0.2, -0.15) is 0 Å². The minimum atomic E-state index is -1.20. The van der Waals surface area contributed by atoms with Crippen LogP contribution in [0.5, 0.6) is 0 Å². The average molecular weight is 308 g/mol. The zero-order chi connectivity index (χ0) is 16.5. The number of quaternary nitrogens is 2. The van der Waals surface area contributed by atoms with Crippen LogP contribution in [-0.4, -0.2) is 45.1 Å². The van der Waals surface area contributed by atoms with Gasteiger partial charge in [-0.15, -0.1) is 0 Å². The van der Waals surface area contributed by atoms with Crippen molar-refractivity contribution in [1.29, 1.82) is 0 Å². The molecule has 22 heavy (non-hydrogen) atoms. The highest BCUT2D eigenvalue weighted by Gasteiger charge is 2.18. The van der Waals surface area contributed by atoms with Crippen LogP contribution in [0.25, 0.3) is 0 Å². The number of hydrogen-bond donors (Lipinski definition) is 3. The van der Waals surface area contributed by atoms with Gasteiger partial charge in [0.05, 0.1) is 39.6 Å². The molecular weight excluding hydrogens is 282 g/mol. The molecule has 1 atom stereocenters. The number of aliphatic carboxylic acids is 1. The summed E-state index contributed by atoms with van der Waals surface area (Å²) in [4.78, 5) is 24.4. The number of nitrogens with one attached hydrogen (secondary N) is 2. The Morgan fingerprint density at radius 1 is 1.36 bits per heavy atom. The van der Waals surface area contributed by atoms with E-state index in [0.29, 0.717) is 12.2 Å². The molecule has 1 rings (SSSR count). The van der Waals surface area contributed by atoms with Crippen LogP contribution in [0.15, 0.2) is 24.3 Å². The van der Waals surface area contributed by atoms with Crippen molar-refractivity contribution >= 4 is 17.6 Å². The second-order valence-electron chi connectivity index (χ2n) is 5.88. The highest BCUT2D eigenvalue weighted by molar-refractivity contribution is 5.93. The lowest BCUT2D eigenvalue weighted by molar-refractivity contribution is -0.860. The maximum atomic E-state index is 12.0. The number of hydrogen-bond acceptors (Lipinski definition) is 3. The van der Waals surface area contributed by atoms with Gasteiger partial charge in [-0.05, 0) is 24.6 Å². The first-order valence-corrected chi connectivity index (χ1v) is 7.58. The van der Waals surface area contributed by atoms with E-state index in [2.05, 4.69) is 5.32 Å². The molecule has 0 bridgehead atoms. The molecule has 0 aliphatic carbocycles. The van der Waals surface area contributed by atoms with Gasteiger partial charge in [0.2, 0.25) is 5.91 Å². The zero-order valence-electron chi connectivity index (χ0n) is 13.5. The Balaban J connectivity index is 2.45. The van der Waals surface area contributed by atoms with Gasteiger partial charge in [-0.3, -0.25) is 4.79 Å². The number of aryl methyl sites for hydroxylation is 1. The van der Waals surface area contributed by atoms with Crippen molar-refractivity contribution in [3.63, 3.8) is 0 Å². The molecule has 1 aromatic carbocycles. The number of carbonyl (C=O) groups is 2. The van der Waals surface area contributed by atoms with E-state index < -0.39 is 12.0 Å². The Kier molecular flexibility index (Phi) is 7.56. The third kappa shape index (κ3) is 7.19. The van der Waals surface area contributed by atoms with Gasteiger partial charge >= 0.3 is 0 Å². The lowest BCUT2D eigenvalue weighted by atomic mass is 10.1. The maximum Gasteiger partial charge on any atom is 0.230 e. The number of carbonyl (C=O) groups excluding carboxylic acids is 2. The Morgan fingerprint density at radius 3 is 2.68 bits per heavy atom. The van der Waals surface area contributed by atoms with E-state index in [0.717, 1.165) is 18.5 Å². The van der Waals surface area contributed by atoms with Crippen LogP contribution >= 0.6 is 0 Å². The van der Waals surface area contributed by atoms with Gasteiger partial charge in [-0.25, -0.2) is 0 Å². The average Bonchev–Trinajstić information content (AvgIpc) is 2.41. The van der Waals surface area contributed by atoms with Gasteiger partial charge in [0.1, 0.15) is 6.04 Å². The normalized spacial score (nSPS) is 12.2. The van der Waals surface area contributed by atoms with Crippen molar-refractivity contribution in [2.24, 2.45) is 0 Å². The summed E-state index contributed by atoms with van der Waals surface area (Å²) in [6, 6.07) is 6.55. The summed E-state index contributed by atoms with van der Waals surface area (Å²) in [6.45, 7) is 3.56. The monoisotopic (exact) mass is 308 g/mol. The quantitative estimate of drug-likeness (QED) is 0.442. The molecule has 122 valence electrons. The molecule has 0 saturated carbocycles. The van der Waals surface area contributed by atoms with Crippen LogP contribution in [0.1, 0.15) is 18.4 Å². The molecule has 0 saturated heterocycles. The summed E-state index contributed by atoms with van der Waals surface area (Å²) in [5.74, 6) is -1.51. The first-order chi connectivity index (χ1) is 10.4. The number of nitrogens with two attached hydrogens (primary N) is 1. The van der Waals surface area contributed by atoms with Crippen molar-refractivity contribution < 1.29 is 24.9 Å². The summed E-state index contributed by atoms with van der Waals surface area (Å²) in [5, 5.41) is 15.5. The fraction of sp³-hybridized carbons (Fsp3) is 0.500. The molecule has 6 nitrogen and oxygen atoms in total. The predicted molar refractivity (Wildman–Crippen MR) is 82.3 cm³/mol. The first-order valence-electron chi connectivity index (χ1n) is 7.58. The number of amides is 1. The van der Waals surface area contributed by atoms with Gasteiger partial charge in [0.15, 0.2) is 0 Å². The smallest absolute Gasteiger partial charge is 0.230 e. The molecule has 1 aromatic rings. The molecule has 0 aliphatic rings. The molecule has 0 aliphatic heterocycles. The molecule has 6 heteroatoms. The Morgan fingerprint density at radius 2 is 2.09 bits per heavy atom. The highest BCUT2D eigenvalue weighted by atomic mass is 16.4. The van der Waals surface area contributed by atoms with E-state index in [4.69, 9.17) is 0 Å². The number of carboxylic acid groups (broad SMARTS) is 1. The minimum absolute atomic E-state index is 0.0922. The van der Waals surface area contributed by atoms with E-state index in [1.54, 1.807) is 11.4 Å². The van der Waals surface area contributed by atoms with Crippen LogP contribution in [-0.2, 0) is 9.59 Å². The van der Waals surface area contributed by atoms with Gasteiger partial charge in [0, 0.05) is 12.1 Å². The fourth-order valence-corrected chi connectivity index (χ4v) is 2.17. The molecule has 0 unspecified atom stereocenters. The molecule has 4 N–H and O–H groups in total. The summed E-state index contributed by atoms with van der Waals surface area (Å²) in [7, 11) is 4.09. The van der Waals surface area contributed by atoms with E-state index in [-0.39, 0.29) is 12.3 Å². The Bertz CT molecular complexity index is 503. The van der Waals surface area contributed by atoms with Crippen LogP contribution in [0.2, 0.25) is 0 Å². The Labute approximate surface area is 131 Å². The van der Waals surface area contributed by atoms with E-state index >= 15 is 0 Å². The standard InChI is InChI=1S/C16H25N3O3/c1-12-6-4-7-13(10-12)18-15(20)11-14(16(21)22)17-8-5-9-19(2)3/h4,6-7,10,14,17H,5,8-9,11H2,1-3H3,(H,18,20)(H,21,22)/p+1/t14-/m0/s1. The lowest BCUT2D eigenvalue weighted by Crippen LogP contribution is -3.06. The SMILES string of the molecule is Cc1cccc(NC(=O)C[C@H]([NH2+]CCC[NH+](C)C)C(=O)[O-])c1. The van der Waals surface area contributed by atoms with Crippen LogP contribution in [0, 0.1) is 6.92 Å². The first kappa shape index (κ1) is 18.1. The van der Waals surface area contributed by atoms with E-state index in [1.165, 1.54) is 4.90 Å². The molecule has 0 fully saturated rings. The number of anilines is 1. The van der Waals surface area contributed by atoms with E-state index in [1.807, 2.05) is 39.2 Å². The predicted octanol–water partition coefficient (Wildman–Crippen LogP) is -2.46. The van der Waals surface area contributed by atoms with Crippen molar-refractivity contribution in [3.05, 3.63) is 29.8 Å². The topological polar surface area (TPSA) is 90.3 Å². The summed E-state index contributed by atoms with van der Waals surface area (Å²) >= 11 is 0. The molecule has 0 radical (unpaired) electrons. The zero-order valence-corrected chi connectivity index (χ0v) is 13.5. The summed E-state index contributed by atoms with van der Waals surface area (Å²) < 4.78 is 0. The number of rotatable bonds is 9. The largest absolute Gasteiger partial charge is 0.544 e. The molecule has 0 spiro atoms. The molecule has 0 heterocycles. The molecule has 0 aromatic heterocycles. The third-order valence-corrected chi connectivity index (χ3v) is 3.34. The lowest BCUT2D eigenvalue weighted by Gasteiger charge is -2.16. The summed E-state index contributed by atoms with van der Waals surface area (Å²) in [6.07, 6.45) is 0.802. The second kappa shape index (κ2) is 9.17. The molecule has 1 amide bonds. The maximum absolute atomic E-state index is 12.0. The van der Waals surface area contributed by atoms with Crippen LogP contribution in [0.4, 0.5) is 5.69 Å². The highest BCUT2D eigenvalue weighted by Crippen LogP contribution is 2.09. The van der Waals surface area contributed by atoms with Gasteiger partial charge < -0.3 is 25.4 Å². The van der Waals surface area contributed by atoms with Crippen molar-refractivity contribution in [1.82, 2.24) is 0 Å². The van der Waals surface area contributed by atoms with Gasteiger partial charge in [0.25, 0.3) is 0 Å². The molecular formula is C16H26N3O3+. The Hall–Kier alpha value is -1.92. The van der Waals surface area contributed by atoms with Gasteiger partial charge in [-0.1, -0.05) is 12.1 Å².